The zero-order chi connectivity index (χ0) is 27.3. The summed E-state index contributed by atoms with van der Waals surface area (Å²) < 4.78 is 11.0. The monoisotopic (exact) mass is 556 g/mol. The van der Waals surface area contributed by atoms with Gasteiger partial charge in [0.1, 0.15) is 17.5 Å². The summed E-state index contributed by atoms with van der Waals surface area (Å²) in [6.45, 7) is 3.12. The van der Waals surface area contributed by atoms with Crippen molar-refractivity contribution in [3.05, 3.63) is 94.0 Å². The van der Waals surface area contributed by atoms with Crippen molar-refractivity contribution in [3.63, 3.8) is 0 Å². The standard InChI is InChI=1S/C30H34Cl2N2O4/c1-3-17-33-30(36)28(20-22-8-5-4-6-9-22)34(21-23-11-16-26(31)27(32)19-23)29(35)10-7-18-38-25-14-12-24(37-2)13-15-25/h4-6,8-9,11-16,19,28H,3,7,10,17-18,20-21H2,1-2H3,(H,33,36). The van der Waals surface area contributed by atoms with E-state index in [4.69, 9.17) is 32.7 Å². The molecule has 6 nitrogen and oxygen atoms in total. The smallest absolute Gasteiger partial charge is 0.243 e. The molecule has 0 aliphatic rings. The Morgan fingerprint density at radius 1 is 0.921 bits per heavy atom. The second kappa shape index (κ2) is 15.3. The number of halogens is 2. The van der Waals surface area contributed by atoms with Crippen LogP contribution in [0.3, 0.4) is 0 Å². The van der Waals surface area contributed by atoms with Gasteiger partial charge in [0.25, 0.3) is 0 Å². The van der Waals surface area contributed by atoms with Crippen molar-refractivity contribution >= 4 is 35.0 Å². The van der Waals surface area contributed by atoms with E-state index in [1.54, 1.807) is 24.1 Å². The molecule has 202 valence electrons. The Balaban J connectivity index is 1.77. The summed E-state index contributed by atoms with van der Waals surface area (Å²) in [5.41, 5.74) is 1.77. The van der Waals surface area contributed by atoms with E-state index in [-0.39, 0.29) is 24.8 Å². The van der Waals surface area contributed by atoms with E-state index < -0.39 is 6.04 Å². The summed E-state index contributed by atoms with van der Waals surface area (Å²) in [7, 11) is 1.61. The van der Waals surface area contributed by atoms with Crippen LogP contribution < -0.4 is 14.8 Å². The van der Waals surface area contributed by atoms with Crippen molar-refractivity contribution in [1.82, 2.24) is 10.2 Å². The maximum absolute atomic E-state index is 13.6. The number of hydrogen-bond acceptors (Lipinski definition) is 4. The van der Waals surface area contributed by atoms with Crippen LogP contribution in [0.5, 0.6) is 11.5 Å². The Hall–Kier alpha value is -3.22. The highest BCUT2D eigenvalue weighted by atomic mass is 35.5. The van der Waals surface area contributed by atoms with E-state index in [0.29, 0.717) is 41.8 Å². The van der Waals surface area contributed by atoms with E-state index in [2.05, 4.69) is 5.32 Å². The first-order valence-corrected chi connectivity index (χ1v) is 13.5. The number of nitrogens with one attached hydrogen (secondary N) is 1. The van der Waals surface area contributed by atoms with Gasteiger partial charge in [0.05, 0.1) is 23.8 Å². The summed E-state index contributed by atoms with van der Waals surface area (Å²) in [6, 6.07) is 21.6. The molecule has 38 heavy (non-hydrogen) atoms. The van der Waals surface area contributed by atoms with Crippen LogP contribution in [0.4, 0.5) is 0 Å². The van der Waals surface area contributed by atoms with Gasteiger partial charge in [-0.3, -0.25) is 9.59 Å². The van der Waals surface area contributed by atoms with E-state index >= 15 is 0 Å². The summed E-state index contributed by atoms with van der Waals surface area (Å²) in [4.78, 5) is 28.6. The lowest BCUT2D eigenvalue weighted by atomic mass is 10.0. The molecule has 0 aromatic heterocycles. The first-order chi connectivity index (χ1) is 18.4. The van der Waals surface area contributed by atoms with Crippen LogP contribution in [-0.4, -0.2) is 43.0 Å². The summed E-state index contributed by atoms with van der Waals surface area (Å²) >= 11 is 12.4. The Morgan fingerprint density at radius 2 is 1.63 bits per heavy atom. The van der Waals surface area contributed by atoms with Crippen LogP contribution >= 0.6 is 23.2 Å². The van der Waals surface area contributed by atoms with Gasteiger partial charge < -0.3 is 19.7 Å². The van der Waals surface area contributed by atoms with Gasteiger partial charge in [-0.25, -0.2) is 0 Å². The number of benzene rings is 3. The minimum Gasteiger partial charge on any atom is -0.497 e. The van der Waals surface area contributed by atoms with E-state index in [9.17, 15) is 9.59 Å². The van der Waals surface area contributed by atoms with Crippen LogP contribution in [0, 0.1) is 0 Å². The molecule has 3 rings (SSSR count). The van der Waals surface area contributed by atoms with Crippen molar-refractivity contribution in [2.45, 2.75) is 45.2 Å². The quantitative estimate of drug-likeness (QED) is 0.236. The van der Waals surface area contributed by atoms with Crippen LogP contribution in [0.2, 0.25) is 10.0 Å². The fourth-order valence-electron chi connectivity index (χ4n) is 3.98. The van der Waals surface area contributed by atoms with Crippen LogP contribution in [0.1, 0.15) is 37.3 Å². The van der Waals surface area contributed by atoms with E-state index in [0.717, 1.165) is 23.3 Å². The third-order valence-corrected chi connectivity index (χ3v) is 6.76. The molecule has 3 aromatic rings. The molecule has 1 unspecified atom stereocenters. The van der Waals surface area contributed by atoms with Gasteiger partial charge in [-0.2, -0.15) is 0 Å². The number of carbonyl (C=O) groups is 2. The predicted octanol–water partition coefficient (Wildman–Crippen LogP) is 6.33. The van der Waals surface area contributed by atoms with Crippen molar-refractivity contribution in [2.75, 3.05) is 20.3 Å². The molecule has 0 saturated carbocycles. The Bertz CT molecular complexity index is 1170. The maximum atomic E-state index is 13.6. The third-order valence-electron chi connectivity index (χ3n) is 6.02. The van der Waals surface area contributed by atoms with Crippen molar-refractivity contribution in [1.29, 1.82) is 0 Å². The summed E-state index contributed by atoms with van der Waals surface area (Å²) in [5, 5.41) is 3.82. The number of ether oxygens (including phenoxy) is 2. The molecule has 1 N–H and O–H groups in total. The van der Waals surface area contributed by atoms with Crippen LogP contribution in [-0.2, 0) is 22.6 Å². The topological polar surface area (TPSA) is 67.9 Å². The lowest BCUT2D eigenvalue weighted by Gasteiger charge is -2.31. The normalized spacial score (nSPS) is 11.5. The fraction of sp³-hybridized carbons (Fsp3) is 0.333. The van der Waals surface area contributed by atoms with Crippen LogP contribution in [0.15, 0.2) is 72.8 Å². The van der Waals surface area contributed by atoms with E-state index in [1.165, 1.54) is 0 Å². The zero-order valence-corrected chi connectivity index (χ0v) is 23.3. The molecule has 0 aliphatic heterocycles. The highest BCUT2D eigenvalue weighted by Gasteiger charge is 2.30. The minimum absolute atomic E-state index is 0.137. The zero-order valence-electron chi connectivity index (χ0n) is 21.8. The van der Waals surface area contributed by atoms with Gasteiger partial charge >= 0.3 is 0 Å². The van der Waals surface area contributed by atoms with Crippen LogP contribution in [0.25, 0.3) is 0 Å². The highest BCUT2D eigenvalue weighted by Crippen LogP contribution is 2.25. The van der Waals surface area contributed by atoms with E-state index in [1.807, 2.05) is 67.6 Å². The average molecular weight is 558 g/mol. The lowest BCUT2D eigenvalue weighted by Crippen LogP contribution is -2.50. The number of hydrogen-bond donors (Lipinski definition) is 1. The molecule has 2 amide bonds. The molecule has 1 atom stereocenters. The van der Waals surface area contributed by atoms with Gasteiger partial charge in [0, 0.05) is 25.9 Å². The second-order valence-corrected chi connectivity index (χ2v) is 9.71. The fourth-order valence-corrected chi connectivity index (χ4v) is 4.30. The molecule has 0 radical (unpaired) electrons. The molecule has 0 heterocycles. The first-order valence-electron chi connectivity index (χ1n) is 12.7. The summed E-state index contributed by atoms with van der Waals surface area (Å²) in [6.07, 6.45) is 1.92. The molecule has 0 saturated heterocycles. The van der Waals surface area contributed by atoms with Gasteiger partial charge in [-0.15, -0.1) is 0 Å². The number of nitrogens with zero attached hydrogens (tertiary/aromatic N) is 1. The van der Waals surface area contributed by atoms with Gasteiger partial charge in [-0.05, 0) is 60.4 Å². The second-order valence-electron chi connectivity index (χ2n) is 8.89. The maximum Gasteiger partial charge on any atom is 0.243 e. The molecule has 8 heteroatoms. The molecule has 0 fully saturated rings. The lowest BCUT2D eigenvalue weighted by molar-refractivity contribution is -0.141. The average Bonchev–Trinajstić information content (AvgIpc) is 2.94. The molecular formula is C30H34Cl2N2O4. The van der Waals surface area contributed by atoms with Crippen molar-refractivity contribution in [3.8, 4) is 11.5 Å². The number of carbonyl (C=O) groups excluding carboxylic acids is 2. The highest BCUT2D eigenvalue weighted by molar-refractivity contribution is 6.42. The number of amides is 2. The number of methoxy groups -OCH3 is 1. The SMILES string of the molecule is CCCNC(=O)C(Cc1ccccc1)N(Cc1ccc(Cl)c(Cl)c1)C(=O)CCCOc1ccc(OC)cc1. The van der Waals surface area contributed by atoms with Crippen molar-refractivity contribution < 1.29 is 19.1 Å². The molecule has 0 bridgehead atoms. The number of rotatable bonds is 14. The third kappa shape index (κ3) is 8.96. The molecule has 0 aliphatic carbocycles. The Morgan fingerprint density at radius 3 is 2.29 bits per heavy atom. The van der Waals surface area contributed by atoms with Gasteiger partial charge in [0.2, 0.25) is 11.8 Å². The Kier molecular flexibility index (Phi) is 11.8. The molecular weight excluding hydrogens is 523 g/mol. The largest absolute Gasteiger partial charge is 0.497 e. The molecule has 3 aromatic carbocycles. The van der Waals surface area contributed by atoms with Gasteiger partial charge in [-0.1, -0.05) is 66.5 Å². The summed E-state index contributed by atoms with van der Waals surface area (Å²) in [5.74, 6) is 1.13. The van der Waals surface area contributed by atoms with Gasteiger partial charge in [0.15, 0.2) is 0 Å². The Labute approximate surface area is 234 Å². The molecule has 0 spiro atoms. The predicted molar refractivity (Wildman–Crippen MR) is 152 cm³/mol. The first kappa shape index (κ1) is 29.3. The van der Waals surface area contributed by atoms with Crippen molar-refractivity contribution in [2.24, 2.45) is 0 Å². The minimum atomic E-state index is -0.687.